The Morgan fingerprint density at radius 1 is 1.25 bits per heavy atom. The Kier molecular flexibility index (Phi) is 5.11. The Labute approximate surface area is 130 Å². The smallest absolute Gasteiger partial charge is 0.234 e. The monoisotopic (exact) mass is 327 g/mol. The highest BCUT2D eigenvalue weighted by Gasteiger charge is 2.06. The number of hydrogen-bond acceptors (Lipinski definition) is 4. The third-order valence-corrected chi connectivity index (χ3v) is 4.00. The molecule has 3 N–H and O–H groups in total. The summed E-state index contributed by atoms with van der Waals surface area (Å²) in [5.74, 6) is 0.101. The molecule has 104 valence electrons. The number of nitrogens with two attached hydrogens (primary N) is 1. The van der Waals surface area contributed by atoms with Crippen LogP contribution in [0.25, 0.3) is 0 Å². The summed E-state index contributed by atoms with van der Waals surface area (Å²) in [5.41, 5.74) is 6.74. The lowest BCUT2D eigenvalue weighted by Gasteiger charge is -2.06. The summed E-state index contributed by atoms with van der Waals surface area (Å²) in [6, 6.07) is 8.44. The van der Waals surface area contributed by atoms with Crippen molar-refractivity contribution in [3.63, 3.8) is 0 Å². The lowest BCUT2D eigenvalue weighted by Crippen LogP contribution is -2.14. The molecular formula is C13H11Cl2N3OS. The van der Waals surface area contributed by atoms with Gasteiger partial charge in [-0.15, -0.1) is 0 Å². The SMILES string of the molecule is Nc1ccc(SCC(=O)Nc2ccc(Cl)c(Cl)c2)nc1. The largest absolute Gasteiger partial charge is 0.397 e. The van der Waals surface area contributed by atoms with Crippen LogP contribution >= 0.6 is 35.0 Å². The van der Waals surface area contributed by atoms with Gasteiger partial charge in [0.1, 0.15) is 0 Å². The zero-order chi connectivity index (χ0) is 14.5. The number of hydrogen-bond donors (Lipinski definition) is 2. The molecule has 0 radical (unpaired) electrons. The molecule has 0 saturated heterocycles. The summed E-state index contributed by atoms with van der Waals surface area (Å²) in [7, 11) is 0. The molecule has 0 aliphatic rings. The third-order valence-electron chi connectivity index (χ3n) is 2.31. The number of amides is 1. The number of rotatable bonds is 4. The van der Waals surface area contributed by atoms with Crippen molar-refractivity contribution in [2.75, 3.05) is 16.8 Å². The maximum absolute atomic E-state index is 11.8. The molecule has 1 aromatic carbocycles. The number of nitrogens with zero attached hydrogens (tertiary/aromatic N) is 1. The number of thioether (sulfide) groups is 1. The summed E-state index contributed by atoms with van der Waals surface area (Å²) in [5, 5.41) is 4.33. The number of halogens is 2. The van der Waals surface area contributed by atoms with Crippen molar-refractivity contribution in [3.8, 4) is 0 Å². The van der Waals surface area contributed by atoms with Crippen LogP contribution in [0, 0.1) is 0 Å². The van der Waals surface area contributed by atoms with E-state index in [0.717, 1.165) is 5.03 Å². The minimum Gasteiger partial charge on any atom is -0.397 e. The van der Waals surface area contributed by atoms with Gasteiger partial charge in [0.05, 0.1) is 32.7 Å². The van der Waals surface area contributed by atoms with Crippen molar-refractivity contribution in [1.29, 1.82) is 0 Å². The minimum atomic E-state index is -0.146. The van der Waals surface area contributed by atoms with Crippen LogP contribution in [-0.2, 0) is 4.79 Å². The molecule has 0 unspecified atom stereocenters. The fourth-order valence-corrected chi connectivity index (χ4v) is 2.33. The number of carbonyl (C=O) groups is 1. The standard InChI is InChI=1S/C13H11Cl2N3OS/c14-10-3-2-9(5-11(10)15)18-12(19)7-20-13-4-1-8(16)6-17-13/h1-6H,7,16H2,(H,18,19). The molecule has 0 fully saturated rings. The Morgan fingerprint density at radius 3 is 2.70 bits per heavy atom. The van der Waals surface area contributed by atoms with Gasteiger partial charge in [-0.2, -0.15) is 0 Å². The third kappa shape index (κ3) is 4.30. The Bertz CT molecular complexity index is 620. The van der Waals surface area contributed by atoms with Gasteiger partial charge in [0, 0.05) is 5.69 Å². The van der Waals surface area contributed by atoms with Gasteiger partial charge >= 0.3 is 0 Å². The van der Waals surface area contributed by atoms with E-state index in [1.807, 2.05) is 0 Å². The van der Waals surface area contributed by atoms with Crippen LogP contribution < -0.4 is 11.1 Å². The molecule has 1 aromatic heterocycles. The highest BCUT2D eigenvalue weighted by Crippen LogP contribution is 2.25. The van der Waals surface area contributed by atoms with Crippen molar-refractivity contribution < 1.29 is 4.79 Å². The van der Waals surface area contributed by atoms with E-state index < -0.39 is 0 Å². The molecular weight excluding hydrogens is 317 g/mol. The van der Waals surface area contributed by atoms with Gasteiger partial charge < -0.3 is 11.1 Å². The van der Waals surface area contributed by atoms with Crippen LogP contribution in [0.1, 0.15) is 0 Å². The summed E-state index contributed by atoms with van der Waals surface area (Å²) >= 11 is 13.0. The lowest BCUT2D eigenvalue weighted by atomic mass is 10.3. The van der Waals surface area contributed by atoms with Crippen molar-refractivity contribution >= 4 is 52.2 Å². The molecule has 0 atom stereocenters. The number of nitrogens with one attached hydrogen (secondary N) is 1. The summed E-state index contributed by atoms with van der Waals surface area (Å²) in [6.45, 7) is 0. The molecule has 7 heteroatoms. The van der Waals surface area contributed by atoms with Crippen LogP contribution in [0.2, 0.25) is 10.0 Å². The number of carbonyl (C=O) groups excluding carboxylic acids is 1. The highest BCUT2D eigenvalue weighted by atomic mass is 35.5. The zero-order valence-electron chi connectivity index (χ0n) is 10.3. The van der Waals surface area contributed by atoms with Gasteiger partial charge in [-0.05, 0) is 30.3 Å². The van der Waals surface area contributed by atoms with Gasteiger partial charge in [0.15, 0.2) is 0 Å². The summed E-state index contributed by atoms with van der Waals surface area (Å²) in [6.07, 6.45) is 1.55. The topological polar surface area (TPSA) is 68.0 Å². The molecule has 0 spiro atoms. The van der Waals surface area contributed by atoms with E-state index in [4.69, 9.17) is 28.9 Å². The van der Waals surface area contributed by atoms with E-state index in [2.05, 4.69) is 10.3 Å². The Morgan fingerprint density at radius 2 is 2.05 bits per heavy atom. The maximum Gasteiger partial charge on any atom is 0.234 e. The molecule has 0 bridgehead atoms. The fourth-order valence-electron chi connectivity index (χ4n) is 1.39. The van der Waals surface area contributed by atoms with Gasteiger partial charge in [-0.25, -0.2) is 4.98 Å². The molecule has 0 saturated carbocycles. The Hall–Kier alpha value is -1.43. The molecule has 1 amide bonds. The minimum absolute atomic E-state index is 0.146. The Balaban J connectivity index is 1.89. The van der Waals surface area contributed by atoms with Crippen LogP contribution in [-0.4, -0.2) is 16.6 Å². The van der Waals surface area contributed by atoms with Gasteiger partial charge in [0.25, 0.3) is 0 Å². The molecule has 0 aliphatic carbocycles. The predicted octanol–water partition coefficient (Wildman–Crippen LogP) is 3.70. The average Bonchev–Trinajstić information content (AvgIpc) is 2.42. The first-order chi connectivity index (χ1) is 9.54. The highest BCUT2D eigenvalue weighted by molar-refractivity contribution is 7.99. The second kappa shape index (κ2) is 6.83. The molecule has 2 aromatic rings. The van der Waals surface area contributed by atoms with Crippen LogP contribution in [0.3, 0.4) is 0 Å². The number of benzene rings is 1. The van der Waals surface area contributed by atoms with E-state index in [1.54, 1.807) is 36.5 Å². The van der Waals surface area contributed by atoms with E-state index in [0.29, 0.717) is 21.4 Å². The van der Waals surface area contributed by atoms with Crippen molar-refractivity contribution in [1.82, 2.24) is 4.98 Å². The van der Waals surface area contributed by atoms with Crippen LogP contribution in [0.5, 0.6) is 0 Å². The maximum atomic E-state index is 11.8. The number of nitrogen functional groups attached to an aromatic ring is 1. The molecule has 1 heterocycles. The first-order valence-electron chi connectivity index (χ1n) is 5.64. The van der Waals surface area contributed by atoms with Crippen LogP contribution in [0.15, 0.2) is 41.6 Å². The lowest BCUT2D eigenvalue weighted by molar-refractivity contribution is -0.113. The summed E-state index contributed by atoms with van der Waals surface area (Å²) < 4.78 is 0. The number of aromatic nitrogens is 1. The number of anilines is 2. The molecule has 4 nitrogen and oxygen atoms in total. The molecule has 2 rings (SSSR count). The quantitative estimate of drug-likeness (QED) is 0.840. The average molecular weight is 328 g/mol. The van der Waals surface area contributed by atoms with E-state index in [-0.39, 0.29) is 11.7 Å². The van der Waals surface area contributed by atoms with Gasteiger partial charge in [-0.3, -0.25) is 4.79 Å². The van der Waals surface area contributed by atoms with Gasteiger partial charge in [0.2, 0.25) is 5.91 Å². The second-order valence-electron chi connectivity index (χ2n) is 3.90. The first kappa shape index (κ1) is 15.0. The first-order valence-corrected chi connectivity index (χ1v) is 7.38. The summed E-state index contributed by atoms with van der Waals surface area (Å²) in [4.78, 5) is 15.9. The molecule has 0 aliphatic heterocycles. The van der Waals surface area contributed by atoms with E-state index in [9.17, 15) is 4.79 Å². The van der Waals surface area contributed by atoms with Crippen LogP contribution in [0.4, 0.5) is 11.4 Å². The van der Waals surface area contributed by atoms with E-state index in [1.165, 1.54) is 11.8 Å². The second-order valence-corrected chi connectivity index (χ2v) is 5.71. The van der Waals surface area contributed by atoms with Crippen molar-refractivity contribution in [2.45, 2.75) is 5.03 Å². The predicted molar refractivity (Wildman–Crippen MR) is 84.5 cm³/mol. The van der Waals surface area contributed by atoms with Crippen molar-refractivity contribution in [3.05, 3.63) is 46.6 Å². The van der Waals surface area contributed by atoms with E-state index >= 15 is 0 Å². The zero-order valence-corrected chi connectivity index (χ0v) is 12.6. The van der Waals surface area contributed by atoms with Crippen molar-refractivity contribution in [2.24, 2.45) is 0 Å². The number of pyridine rings is 1. The van der Waals surface area contributed by atoms with Gasteiger partial charge in [-0.1, -0.05) is 35.0 Å². The molecule has 20 heavy (non-hydrogen) atoms. The normalized spacial score (nSPS) is 10.3. The fraction of sp³-hybridized carbons (Fsp3) is 0.0769.